The van der Waals surface area contributed by atoms with Crippen molar-refractivity contribution in [3.8, 4) is 17.0 Å². The second kappa shape index (κ2) is 5.11. The van der Waals surface area contributed by atoms with Crippen LogP contribution in [0.4, 0.5) is 0 Å². The Morgan fingerprint density at radius 1 is 1.27 bits per heavy atom. The Labute approximate surface area is 134 Å². The molecule has 0 fully saturated rings. The highest BCUT2D eigenvalue weighted by Gasteiger charge is 2.22. The summed E-state index contributed by atoms with van der Waals surface area (Å²) >= 11 is 1.52. The number of hydrogen-bond donors (Lipinski definition) is 1. The van der Waals surface area contributed by atoms with Crippen LogP contribution in [0, 0.1) is 13.8 Å². The minimum Gasteiger partial charge on any atom is -0.496 e. The number of benzene rings is 1. The summed E-state index contributed by atoms with van der Waals surface area (Å²) in [6.45, 7) is 7.63. The summed E-state index contributed by atoms with van der Waals surface area (Å²) in [7, 11) is 1.68. The van der Waals surface area contributed by atoms with Gasteiger partial charge in [0.05, 0.1) is 29.0 Å². The van der Waals surface area contributed by atoms with Crippen molar-refractivity contribution in [3.63, 3.8) is 0 Å². The number of imidazole rings is 1. The average molecular weight is 316 g/mol. The Hall–Kier alpha value is -1.85. The molecule has 0 aliphatic rings. The molecule has 1 N–H and O–H groups in total. The molecule has 0 saturated heterocycles. The van der Waals surface area contributed by atoms with Gasteiger partial charge in [0.15, 0.2) is 4.96 Å². The highest BCUT2D eigenvalue weighted by atomic mass is 32.1. The molecule has 1 aromatic carbocycles. The fourth-order valence-electron chi connectivity index (χ4n) is 2.61. The summed E-state index contributed by atoms with van der Waals surface area (Å²) in [5.74, 6) is 0.879. The van der Waals surface area contributed by atoms with Gasteiger partial charge in [-0.25, -0.2) is 4.98 Å². The Bertz CT molecular complexity index is 840. The van der Waals surface area contributed by atoms with Crippen LogP contribution in [-0.2, 0) is 5.60 Å². The van der Waals surface area contributed by atoms with Crippen molar-refractivity contribution in [1.29, 1.82) is 0 Å². The van der Waals surface area contributed by atoms with Gasteiger partial charge < -0.3 is 9.84 Å². The first-order chi connectivity index (χ1) is 10.3. The lowest BCUT2D eigenvalue weighted by Crippen LogP contribution is -2.13. The number of hydrogen-bond acceptors (Lipinski definition) is 4. The van der Waals surface area contributed by atoms with E-state index in [0.717, 1.165) is 38.1 Å². The number of thiazole rings is 1. The fourth-order valence-corrected chi connectivity index (χ4v) is 3.64. The molecule has 3 rings (SSSR count). The monoisotopic (exact) mass is 316 g/mol. The summed E-state index contributed by atoms with van der Waals surface area (Å²) in [4.78, 5) is 6.44. The molecular formula is C17H20N2O2S. The van der Waals surface area contributed by atoms with Crippen LogP contribution in [-0.4, -0.2) is 21.6 Å². The first kappa shape index (κ1) is 15.1. The largest absolute Gasteiger partial charge is 0.496 e. The van der Waals surface area contributed by atoms with Crippen LogP contribution >= 0.6 is 11.3 Å². The summed E-state index contributed by atoms with van der Waals surface area (Å²) in [5, 5.41) is 10.2. The van der Waals surface area contributed by atoms with E-state index in [0.29, 0.717) is 0 Å². The van der Waals surface area contributed by atoms with Crippen molar-refractivity contribution >= 4 is 16.3 Å². The molecule has 0 amide bonds. The second-order valence-electron chi connectivity index (χ2n) is 6.04. The maximum absolute atomic E-state index is 10.2. The Morgan fingerprint density at radius 3 is 2.59 bits per heavy atom. The van der Waals surface area contributed by atoms with Gasteiger partial charge in [0.1, 0.15) is 5.75 Å². The van der Waals surface area contributed by atoms with Gasteiger partial charge in [-0.1, -0.05) is 11.3 Å². The average Bonchev–Trinajstić information content (AvgIpc) is 2.94. The Kier molecular flexibility index (Phi) is 3.50. The van der Waals surface area contributed by atoms with Gasteiger partial charge >= 0.3 is 0 Å². The molecule has 0 aliphatic heterocycles. The van der Waals surface area contributed by atoms with Crippen LogP contribution in [0.2, 0.25) is 0 Å². The van der Waals surface area contributed by atoms with Crippen molar-refractivity contribution in [2.45, 2.75) is 33.3 Å². The molecule has 0 radical (unpaired) electrons. The number of methoxy groups -OCH3 is 1. The molecule has 0 bridgehead atoms. The number of aliphatic hydroxyl groups is 1. The molecule has 116 valence electrons. The number of rotatable bonds is 3. The molecule has 3 aromatic rings. The normalized spacial score (nSPS) is 12.1. The van der Waals surface area contributed by atoms with Gasteiger partial charge in [0.25, 0.3) is 0 Å². The van der Waals surface area contributed by atoms with Crippen molar-refractivity contribution in [3.05, 3.63) is 40.5 Å². The van der Waals surface area contributed by atoms with Crippen molar-refractivity contribution < 1.29 is 9.84 Å². The lowest BCUT2D eigenvalue weighted by molar-refractivity contribution is 0.0822. The minimum atomic E-state index is -0.855. The third-order valence-electron chi connectivity index (χ3n) is 3.77. The van der Waals surface area contributed by atoms with E-state index in [-0.39, 0.29) is 0 Å². The smallest absolute Gasteiger partial charge is 0.194 e. The van der Waals surface area contributed by atoms with Gasteiger partial charge in [0.2, 0.25) is 0 Å². The van der Waals surface area contributed by atoms with E-state index in [1.807, 2.05) is 32.2 Å². The minimum absolute atomic E-state index is 0.855. The number of fused-ring (bicyclic) bond motifs is 1. The maximum Gasteiger partial charge on any atom is 0.194 e. The third-order valence-corrected chi connectivity index (χ3v) is 5.07. The lowest BCUT2D eigenvalue weighted by Gasteiger charge is -2.13. The van der Waals surface area contributed by atoms with E-state index in [1.54, 1.807) is 21.0 Å². The molecule has 0 atom stereocenters. The Morgan fingerprint density at radius 2 is 2.00 bits per heavy atom. The van der Waals surface area contributed by atoms with E-state index < -0.39 is 5.60 Å². The van der Waals surface area contributed by atoms with Gasteiger partial charge in [-0.2, -0.15) is 0 Å². The van der Waals surface area contributed by atoms with Crippen molar-refractivity contribution in [1.82, 2.24) is 9.38 Å². The highest BCUT2D eigenvalue weighted by molar-refractivity contribution is 7.17. The topological polar surface area (TPSA) is 46.8 Å². The van der Waals surface area contributed by atoms with Crippen molar-refractivity contribution in [2.24, 2.45) is 0 Å². The lowest BCUT2D eigenvalue weighted by atomic mass is 10.1. The zero-order valence-electron chi connectivity index (χ0n) is 13.5. The van der Waals surface area contributed by atoms with Crippen LogP contribution in [0.1, 0.15) is 30.0 Å². The maximum atomic E-state index is 10.2. The van der Waals surface area contributed by atoms with E-state index >= 15 is 0 Å². The number of nitrogens with zero attached hydrogens (tertiary/aromatic N) is 2. The predicted molar refractivity (Wildman–Crippen MR) is 89.8 cm³/mol. The van der Waals surface area contributed by atoms with Gasteiger partial charge in [-0.15, -0.1) is 0 Å². The van der Waals surface area contributed by atoms with E-state index in [2.05, 4.69) is 15.5 Å². The zero-order valence-corrected chi connectivity index (χ0v) is 14.3. The van der Waals surface area contributed by atoms with Gasteiger partial charge in [-0.3, -0.25) is 4.40 Å². The number of aryl methyl sites for hydroxylation is 2. The van der Waals surface area contributed by atoms with E-state index in [4.69, 9.17) is 4.74 Å². The third kappa shape index (κ3) is 2.40. The van der Waals surface area contributed by atoms with E-state index in [9.17, 15) is 5.11 Å². The summed E-state index contributed by atoms with van der Waals surface area (Å²) in [6, 6.07) is 6.13. The number of aromatic nitrogens is 2. The predicted octanol–water partition coefficient (Wildman–Crippen LogP) is 3.92. The molecule has 0 saturated carbocycles. The van der Waals surface area contributed by atoms with Crippen LogP contribution in [0.15, 0.2) is 24.4 Å². The van der Waals surface area contributed by atoms with Crippen LogP contribution < -0.4 is 4.74 Å². The molecule has 0 aliphatic carbocycles. The molecule has 4 nitrogen and oxygen atoms in total. The molecule has 5 heteroatoms. The Balaban J connectivity index is 2.19. The molecular weight excluding hydrogens is 296 g/mol. The summed E-state index contributed by atoms with van der Waals surface area (Å²) in [6.07, 6.45) is 1.98. The highest BCUT2D eigenvalue weighted by Crippen LogP contribution is 2.34. The molecule has 0 spiro atoms. The second-order valence-corrected chi connectivity index (χ2v) is 7.05. The molecule has 2 aromatic heterocycles. The standard InChI is InChI=1S/C17H20N2O2S/c1-10-8-12(6-7-13(10)21-5)15-11(2)18-16-19(15)9-14(22-16)17(3,4)20/h6-9,20H,1-5H3. The van der Waals surface area contributed by atoms with Crippen LogP contribution in [0.3, 0.4) is 0 Å². The number of ether oxygens (including phenoxy) is 1. The first-order valence-electron chi connectivity index (χ1n) is 7.17. The van der Waals surface area contributed by atoms with Gasteiger partial charge in [0, 0.05) is 11.8 Å². The van der Waals surface area contributed by atoms with E-state index in [1.165, 1.54) is 11.3 Å². The molecule has 0 unspecified atom stereocenters. The molecule has 2 heterocycles. The molecule has 22 heavy (non-hydrogen) atoms. The van der Waals surface area contributed by atoms with Crippen LogP contribution in [0.5, 0.6) is 5.75 Å². The summed E-state index contributed by atoms with van der Waals surface area (Å²) < 4.78 is 7.39. The summed E-state index contributed by atoms with van der Waals surface area (Å²) in [5.41, 5.74) is 3.38. The zero-order chi connectivity index (χ0) is 16.1. The van der Waals surface area contributed by atoms with Crippen LogP contribution in [0.25, 0.3) is 16.2 Å². The quantitative estimate of drug-likeness (QED) is 0.797. The van der Waals surface area contributed by atoms with Crippen molar-refractivity contribution in [2.75, 3.05) is 7.11 Å². The SMILES string of the molecule is COc1ccc(-c2c(C)nc3sc(C(C)(C)O)cn23)cc1C. The van der Waals surface area contributed by atoms with Gasteiger partial charge in [-0.05, 0) is 51.5 Å². The fraction of sp³-hybridized carbons (Fsp3) is 0.353. The first-order valence-corrected chi connectivity index (χ1v) is 7.99.